The minimum atomic E-state index is -2.15. The Kier molecular flexibility index (Phi) is 5.87. The van der Waals surface area contributed by atoms with Crippen molar-refractivity contribution in [2.45, 2.75) is 83.1 Å². The van der Waals surface area contributed by atoms with Crippen LogP contribution in [-0.4, -0.2) is 58.0 Å². The topological polar surface area (TPSA) is 130 Å². The molecular weight excluding hydrogens is 582 g/mol. The van der Waals surface area contributed by atoms with Gasteiger partial charge >= 0.3 is 0 Å². The number of aliphatic hydroxyl groups excluding tert-OH is 1. The number of halogens is 1. The van der Waals surface area contributed by atoms with E-state index in [4.69, 9.17) is 16.3 Å². The molecule has 8 aliphatic rings. The lowest BCUT2D eigenvalue weighted by Crippen LogP contribution is -2.95. The van der Waals surface area contributed by atoms with Gasteiger partial charge in [-0.05, 0) is 86.5 Å². The molecule has 9 rings (SSSR count). The molecule has 2 saturated heterocycles. The molecule has 2 spiro atoms. The molecule has 1 amide bonds. The lowest BCUT2D eigenvalue weighted by atomic mass is 9.18. The third kappa shape index (κ3) is 2.99. The molecule has 0 aromatic heterocycles. The van der Waals surface area contributed by atoms with E-state index in [-0.39, 0.29) is 47.7 Å². The number of Topliss-reactive ketones (excluding diaryl/α,β-unsaturated/α-hetero) is 3. The number of hydrogen-bond donors (Lipinski definition) is 3. The normalized spacial score (nSPS) is 47.8. The molecule has 44 heavy (non-hydrogen) atoms. The Labute approximate surface area is 261 Å². The molecule has 3 N–H and O–H groups in total. The number of nitrogens with one attached hydrogen (secondary N) is 1. The molecular formula is C35H40ClNO7. The standard InChI is InChI=1S/C35H40ClNO7/c1-17-22-12-13-23-32-16-44-35(43,28(40)26(32)31(2,3)15-14-24(32)38)34(23)25(22)33(17,30(34)42)27(39)18-6-10-21(11-7-18)37-29(41)19-4-8-20(36)9-5-19/h4-5,8-9,18,21-23,25-26,28,40,43H,1,6-7,10-16H2,2-3H3,(H,37,41)/t18?,21?,22-,23-,25-,26+,28-,32+,33?,34+,35+/m0/s1. The summed E-state index contributed by atoms with van der Waals surface area (Å²) >= 11 is 5.95. The minimum Gasteiger partial charge on any atom is -0.387 e. The molecule has 2 aliphatic heterocycles. The number of ether oxygens (including phenoxy) is 1. The second-order valence-electron chi connectivity index (χ2n) is 15.5. The van der Waals surface area contributed by atoms with Crippen LogP contribution in [0, 0.1) is 51.2 Å². The van der Waals surface area contributed by atoms with Crippen molar-refractivity contribution in [1.82, 2.24) is 5.32 Å². The number of rotatable bonds is 4. The van der Waals surface area contributed by atoms with E-state index in [1.165, 1.54) is 0 Å². The first-order chi connectivity index (χ1) is 20.8. The molecule has 1 aromatic carbocycles. The largest absolute Gasteiger partial charge is 0.387 e. The van der Waals surface area contributed by atoms with E-state index in [1.54, 1.807) is 24.3 Å². The average molecular weight is 622 g/mol. The van der Waals surface area contributed by atoms with Crippen LogP contribution in [0.25, 0.3) is 0 Å². The number of amides is 1. The third-order valence-electron chi connectivity index (χ3n) is 13.7. The molecule has 6 aliphatic carbocycles. The maximum absolute atomic E-state index is 14.9. The zero-order chi connectivity index (χ0) is 31.2. The van der Waals surface area contributed by atoms with Crippen molar-refractivity contribution in [3.05, 3.63) is 47.0 Å². The van der Waals surface area contributed by atoms with Gasteiger partial charge in [0.05, 0.1) is 17.4 Å². The highest BCUT2D eigenvalue weighted by Gasteiger charge is 2.96. The van der Waals surface area contributed by atoms with Crippen molar-refractivity contribution < 1.29 is 34.1 Å². The van der Waals surface area contributed by atoms with Crippen LogP contribution in [0.2, 0.25) is 5.02 Å². The van der Waals surface area contributed by atoms with Gasteiger partial charge < -0.3 is 20.3 Å². The van der Waals surface area contributed by atoms with Gasteiger partial charge in [0.1, 0.15) is 17.3 Å². The molecule has 9 heteroatoms. The van der Waals surface area contributed by atoms with Crippen molar-refractivity contribution in [3.63, 3.8) is 0 Å². The number of carbonyl (C=O) groups excluding carboxylic acids is 4. The van der Waals surface area contributed by atoms with Gasteiger partial charge in [-0.3, -0.25) is 19.2 Å². The Hall–Kier alpha value is -2.39. The molecule has 2 heterocycles. The van der Waals surface area contributed by atoms with Crippen LogP contribution in [0.5, 0.6) is 0 Å². The summed E-state index contributed by atoms with van der Waals surface area (Å²) in [5.41, 5.74) is -3.22. The minimum absolute atomic E-state index is 0.00177. The second-order valence-corrected chi connectivity index (χ2v) is 15.9. The van der Waals surface area contributed by atoms with E-state index in [2.05, 4.69) is 11.9 Å². The van der Waals surface area contributed by atoms with Gasteiger partial charge in [0.25, 0.3) is 5.91 Å². The second kappa shape index (κ2) is 8.90. The van der Waals surface area contributed by atoms with Gasteiger partial charge in [0.15, 0.2) is 11.6 Å². The van der Waals surface area contributed by atoms with E-state index in [0.717, 1.165) is 0 Å². The summed E-state index contributed by atoms with van der Waals surface area (Å²) in [5, 5.41) is 27.9. The Bertz CT molecular complexity index is 1530. The van der Waals surface area contributed by atoms with E-state index < -0.39 is 51.3 Å². The highest BCUT2D eigenvalue weighted by atomic mass is 35.5. The molecule has 0 radical (unpaired) electrons. The van der Waals surface area contributed by atoms with E-state index in [9.17, 15) is 29.4 Å². The van der Waals surface area contributed by atoms with Gasteiger partial charge in [-0.15, -0.1) is 0 Å². The first-order valence-corrected chi connectivity index (χ1v) is 16.6. The van der Waals surface area contributed by atoms with E-state index >= 15 is 0 Å². The molecule has 234 valence electrons. The summed E-state index contributed by atoms with van der Waals surface area (Å²) in [7, 11) is 0. The molecule has 2 bridgehead atoms. The van der Waals surface area contributed by atoms with Crippen LogP contribution in [0.1, 0.15) is 75.6 Å². The summed E-state index contributed by atoms with van der Waals surface area (Å²) in [4.78, 5) is 56.0. The number of aliphatic hydroxyl groups is 2. The summed E-state index contributed by atoms with van der Waals surface area (Å²) in [6, 6.07) is 6.61. The van der Waals surface area contributed by atoms with Crippen LogP contribution in [-0.2, 0) is 19.1 Å². The Morgan fingerprint density at radius 3 is 2.39 bits per heavy atom. The highest BCUT2D eigenvalue weighted by Crippen LogP contribution is 2.87. The van der Waals surface area contributed by atoms with Gasteiger partial charge in [-0.25, -0.2) is 0 Å². The number of fused-ring (bicyclic) bond motifs is 1. The predicted molar refractivity (Wildman–Crippen MR) is 159 cm³/mol. The van der Waals surface area contributed by atoms with Crippen LogP contribution < -0.4 is 5.32 Å². The average Bonchev–Trinajstić information content (AvgIpc) is 2.99. The highest BCUT2D eigenvalue weighted by molar-refractivity contribution is 6.30. The Morgan fingerprint density at radius 1 is 1.02 bits per heavy atom. The molecule has 9 atom stereocenters. The monoisotopic (exact) mass is 621 g/mol. The van der Waals surface area contributed by atoms with Crippen molar-refractivity contribution in [1.29, 1.82) is 0 Å². The fourth-order valence-corrected chi connectivity index (χ4v) is 12.1. The molecule has 6 saturated carbocycles. The van der Waals surface area contributed by atoms with Gasteiger partial charge in [-0.1, -0.05) is 37.6 Å². The number of ketones is 3. The smallest absolute Gasteiger partial charge is 0.251 e. The zero-order valence-electron chi connectivity index (χ0n) is 25.2. The maximum Gasteiger partial charge on any atom is 0.251 e. The number of carbonyl (C=O) groups is 4. The van der Waals surface area contributed by atoms with E-state index in [1.807, 2.05) is 13.8 Å². The fraction of sp³-hybridized carbons (Fsp3) is 0.657. The van der Waals surface area contributed by atoms with Gasteiger partial charge in [0.2, 0.25) is 5.79 Å². The molecule has 8 nitrogen and oxygen atoms in total. The van der Waals surface area contributed by atoms with Crippen molar-refractivity contribution >= 4 is 34.9 Å². The van der Waals surface area contributed by atoms with Crippen LogP contribution in [0.15, 0.2) is 36.4 Å². The summed E-state index contributed by atoms with van der Waals surface area (Å²) in [6.07, 6.45) is 3.08. The summed E-state index contributed by atoms with van der Waals surface area (Å²) in [5.74, 6) is -4.90. The van der Waals surface area contributed by atoms with Crippen molar-refractivity contribution in [2.75, 3.05) is 6.61 Å². The Balaban J connectivity index is 1.07. The summed E-state index contributed by atoms with van der Waals surface area (Å²) < 4.78 is 6.11. The van der Waals surface area contributed by atoms with Gasteiger partial charge in [0, 0.05) is 40.8 Å². The molecule has 1 aromatic rings. The zero-order valence-corrected chi connectivity index (χ0v) is 26.0. The first kappa shape index (κ1) is 29.0. The number of benzene rings is 1. The lowest BCUT2D eigenvalue weighted by molar-refractivity contribution is -0.460. The lowest BCUT2D eigenvalue weighted by Gasteiger charge is -2.84. The first-order valence-electron chi connectivity index (χ1n) is 16.2. The van der Waals surface area contributed by atoms with Crippen LogP contribution >= 0.6 is 11.6 Å². The number of hydrogen-bond acceptors (Lipinski definition) is 7. The quantitative estimate of drug-likeness (QED) is 0.342. The van der Waals surface area contributed by atoms with Crippen molar-refractivity contribution in [3.8, 4) is 0 Å². The predicted octanol–water partition coefficient (Wildman–Crippen LogP) is 4.05. The fourth-order valence-electron chi connectivity index (χ4n) is 11.9. The molecule has 8 fully saturated rings. The van der Waals surface area contributed by atoms with Crippen LogP contribution in [0.4, 0.5) is 0 Å². The third-order valence-corrected chi connectivity index (χ3v) is 13.9. The summed E-state index contributed by atoms with van der Waals surface area (Å²) in [6.45, 7) is 8.36. The SMILES string of the molecule is C=C1[C@@H]2CC[C@H]3[C@@]45CO[C@](O)([C@@H](O)[C@@H]4C(C)(C)CCC5=O)[C@]34C(=O)C1(C(=O)C1CCC(NC(=O)c3ccc(Cl)cc3)CC1)[C@H]24. The van der Waals surface area contributed by atoms with Crippen LogP contribution in [0.3, 0.4) is 0 Å². The van der Waals surface area contributed by atoms with Gasteiger partial charge in [-0.2, -0.15) is 0 Å². The molecule has 1 unspecified atom stereocenters. The van der Waals surface area contributed by atoms with E-state index in [0.29, 0.717) is 67.5 Å². The Morgan fingerprint density at radius 2 is 1.70 bits per heavy atom. The maximum atomic E-state index is 14.9. The number of allylic oxidation sites excluding steroid dienone is 1. The van der Waals surface area contributed by atoms with Crippen molar-refractivity contribution in [2.24, 2.45) is 51.2 Å².